The molecule has 0 unspecified atom stereocenters. The van der Waals surface area contributed by atoms with Crippen molar-refractivity contribution in [3.8, 4) is 5.75 Å². The van der Waals surface area contributed by atoms with Crippen molar-refractivity contribution in [2.24, 2.45) is 0 Å². The maximum atomic E-state index is 13.9. The lowest BCUT2D eigenvalue weighted by Crippen LogP contribution is -2.55. The third kappa shape index (κ3) is 7.89. The molecule has 0 saturated carbocycles. The second-order valence-corrected chi connectivity index (χ2v) is 23.9. The summed E-state index contributed by atoms with van der Waals surface area (Å²) in [5, 5.41) is 2.25. The fourth-order valence-electron chi connectivity index (χ4n) is 5.50. The molecule has 0 aliphatic carbocycles. The molecule has 0 radical (unpaired) electrons. The first-order chi connectivity index (χ1) is 17.9. The van der Waals surface area contributed by atoms with Gasteiger partial charge in [-0.3, -0.25) is 0 Å². The molecule has 2 rings (SSSR count). The molecule has 0 spiro atoms. The van der Waals surface area contributed by atoms with Crippen LogP contribution < -0.4 is 4.74 Å². The van der Waals surface area contributed by atoms with Gasteiger partial charge >= 0.3 is 6.09 Å². The van der Waals surface area contributed by atoms with Crippen molar-refractivity contribution in [3.05, 3.63) is 42.5 Å². The Labute approximate surface area is 240 Å². The van der Waals surface area contributed by atoms with Crippen LogP contribution in [-0.2, 0) is 8.85 Å². The van der Waals surface area contributed by atoms with E-state index in [0.717, 1.165) is 16.5 Å². The molecule has 7 heteroatoms. The molecule has 1 atom stereocenters. The Morgan fingerprint density at radius 1 is 0.846 bits per heavy atom. The Hall–Kier alpha value is -1.84. The summed E-state index contributed by atoms with van der Waals surface area (Å²) < 4.78 is 20.0. The highest BCUT2D eigenvalue weighted by Crippen LogP contribution is 2.43. The maximum Gasteiger partial charge on any atom is 0.396 e. The number of rotatable bonds is 12. The Morgan fingerprint density at radius 3 is 1.90 bits per heavy atom. The summed E-state index contributed by atoms with van der Waals surface area (Å²) in [4.78, 5) is 15.8. The Morgan fingerprint density at radius 2 is 1.38 bits per heavy atom. The molecule has 0 aromatic heterocycles. The zero-order valence-electron chi connectivity index (χ0n) is 26.9. The van der Waals surface area contributed by atoms with E-state index in [1.807, 2.05) is 29.2 Å². The van der Waals surface area contributed by atoms with E-state index in [1.165, 1.54) is 0 Å². The highest BCUT2D eigenvalue weighted by Gasteiger charge is 2.49. The van der Waals surface area contributed by atoms with Gasteiger partial charge in [0.2, 0.25) is 0 Å². The van der Waals surface area contributed by atoms with Crippen LogP contribution in [0.15, 0.2) is 42.5 Å². The van der Waals surface area contributed by atoms with Crippen molar-refractivity contribution in [2.45, 2.75) is 123 Å². The molecule has 5 nitrogen and oxygen atoms in total. The second-order valence-electron chi connectivity index (χ2n) is 13.7. The summed E-state index contributed by atoms with van der Waals surface area (Å²) in [7, 11) is -4.53. The van der Waals surface area contributed by atoms with Crippen molar-refractivity contribution >= 4 is 33.5 Å². The van der Waals surface area contributed by atoms with Gasteiger partial charge in [0, 0.05) is 11.4 Å². The van der Waals surface area contributed by atoms with Gasteiger partial charge in [0.25, 0.3) is 8.32 Å². The fraction of sp³-hybridized carbons (Fsp3) is 0.656. The monoisotopic (exact) mass is 573 g/mol. The maximum absolute atomic E-state index is 13.9. The van der Waals surface area contributed by atoms with Crippen LogP contribution in [-0.4, -0.2) is 52.9 Å². The van der Waals surface area contributed by atoms with Crippen LogP contribution in [0.4, 0.5) is 4.79 Å². The standard InChI is InChI=1S/C32H55NO4Si2/c1-23(2)33(31(34)37-39(24(3)4,25(5)6)26(7)8)21-28(36-38(12,13)32(9,10)11)22-35-30-20-16-18-27-17-14-15-19-29(27)30/h14-20,23-26,28H,21-22H2,1-13H3/t28-/m1/s1. The van der Waals surface area contributed by atoms with Crippen LogP contribution in [0.25, 0.3) is 10.8 Å². The molecule has 0 aliphatic heterocycles. The highest BCUT2D eigenvalue weighted by molar-refractivity contribution is 6.78. The van der Waals surface area contributed by atoms with Gasteiger partial charge in [-0.25, -0.2) is 4.79 Å². The predicted octanol–water partition coefficient (Wildman–Crippen LogP) is 9.63. The third-order valence-electron chi connectivity index (χ3n) is 8.67. The molecule has 2 aromatic rings. The predicted molar refractivity (Wildman–Crippen MR) is 171 cm³/mol. The van der Waals surface area contributed by atoms with Crippen LogP contribution in [0, 0.1) is 0 Å². The summed E-state index contributed by atoms with van der Waals surface area (Å²) in [6.45, 7) is 29.4. The van der Waals surface area contributed by atoms with Gasteiger partial charge < -0.3 is 18.5 Å². The van der Waals surface area contributed by atoms with Gasteiger partial charge in [-0.15, -0.1) is 0 Å². The van der Waals surface area contributed by atoms with E-state index in [0.29, 0.717) is 29.8 Å². The van der Waals surface area contributed by atoms with E-state index in [1.54, 1.807) is 0 Å². The first-order valence-corrected chi connectivity index (χ1v) is 19.8. The number of hydrogen-bond donors (Lipinski definition) is 0. The zero-order chi connectivity index (χ0) is 29.8. The van der Waals surface area contributed by atoms with E-state index in [2.05, 4.69) is 107 Å². The van der Waals surface area contributed by atoms with Crippen LogP contribution in [0.1, 0.15) is 76.2 Å². The number of ether oxygens (including phenoxy) is 1. The summed E-state index contributed by atoms with van der Waals surface area (Å²) in [5.41, 5.74) is 0.971. The van der Waals surface area contributed by atoms with Crippen molar-refractivity contribution in [2.75, 3.05) is 13.2 Å². The zero-order valence-corrected chi connectivity index (χ0v) is 28.9. The van der Waals surface area contributed by atoms with Crippen LogP contribution in [0.3, 0.4) is 0 Å². The largest absolute Gasteiger partial charge is 0.503 e. The quantitative estimate of drug-likeness (QED) is 0.237. The average Bonchev–Trinajstić information content (AvgIpc) is 2.82. The average molecular weight is 574 g/mol. The van der Waals surface area contributed by atoms with Gasteiger partial charge in [-0.05, 0) is 60.1 Å². The summed E-state index contributed by atoms with van der Waals surface area (Å²) >= 11 is 0. The smallest absolute Gasteiger partial charge is 0.396 e. The van der Waals surface area contributed by atoms with Gasteiger partial charge in [0.1, 0.15) is 12.4 Å². The van der Waals surface area contributed by atoms with Gasteiger partial charge in [-0.2, -0.15) is 0 Å². The molecule has 220 valence electrons. The topological polar surface area (TPSA) is 48.0 Å². The number of amides is 1. The Bertz CT molecular complexity index is 1050. The van der Waals surface area contributed by atoms with Crippen molar-refractivity contribution in [3.63, 3.8) is 0 Å². The Kier molecular flexibility index (Phi) is 11.3. The number of fused-ring (bicyclic) bond motifs is 1. The van der Waals surface area contributed by atoms with E-state index in [9.17, 15) is 4.79 Å². The fourth-order valence-corrected chi connectivity index (χ4v) is 12.0. The summed E-state index contributed by atoms with van der Waals surface area (Å²) in [6, 6.07) is 14.3. The number of carbonyl (C=O) groups excluding carboxylic acids is 1. The number of carbonyl (C=O) groups is 1. The number of benzene rings is 2. The van der Waals surface area contributed by atoms with Gasteiger partial charge in [0.05, 0.1) is 12.6 Å². The summed E-state index contributed by atoms with van der Waals surface area (Å²) in [5.74, 6) is 0.835. The molecule has 0 bridgehead atoms. The molecule has 39 heavy (non-hydrogen) atoms. The SMILES string of the molecule is CC(C)N(C[C@H](COc1cccc2ccccc12)O[Si](C)(C)C(C)(C)C)C(=O)O[Si](C(C)C)(C(C)C)C(C)C. The molecule has 0 saturated heterocycles. The summed E-state index contributed by atoms with van der Waals surface area (Å²) in [6.07, 6.45) is -0.505. The lowest BCUT2D eigenvalue weighted by Gasteiger charge is -2.44. The van der Waals surface area contributed by atoms with E-state index in [4.69, 9.17) is 13.6 Å². The molecule has 0 N–H and O–H groups in total. The number of hydrogen-bond acceptors (Lipinski definition) is 4. The van der Waals surface area contributed by atoms with Crippen LogP contribution >= 0.6 is 0 Å². The van der Waals surface area contributed by atoms with Crippen molar-refractivity contribution in [1.82, 2.24) is 4.90 Å². The molecular formula is C32H55NO4Si2. The van der Waals surface area contributed by atoms with Crippen LogP contribution in [0.5, 0.6) is 5.75 Å². The lowest BCUT2D eigenvalue weighted by molar-refractivity contribution is 0.0629. The normalized spacial score (nSPS) is 14.0. The highest BCUT2D eigenvalue weighted by atomic mass is 28.4. The third-order valence-corrected chi connectivity index (χ3v) is 19.1. The first-order valence-electron chi connectivity index (χ1n) is 14.7. The molecule has 0 heterocycles. The van der Waals surface area contributed by atoms with Gasteiger partial charge in [-0.1, -0.05) is 98.7 Å². The molecule has 0 aliphatic rings. The minimum absolute atomic E-state index is 0.0289. The first kappa shape index (κ1) is 33.4. The van der Waals surface area contributed by atoms with Crippen LogP contribution in [0.2, 0.25) is 34.8 Å². The Balaban J connectivity index is 2.39. The molecule has 2 aromatic carbocycles. The molecule has 0 fully saturated rings. The van der Waals surface area contributed by atoms with E-state index < -0.39 is 16.6 Å². The molecule has 1 amide bonds. The number of nitrogens with zero attached hydrogens (tertiary/aromatic N) is 1. The van der Waals surface area contributed by atoms with Crippen molar-refractivity contribution < 1.29 is 18.4 Å². The van der Waals surface area contributed by atoms with Crippen molar-refractivity contribution in [1.29, 1.82) is 0 Å². The van der Waals surface area contributed by atoms with E-state index >= 15 is 0 Å². The lowest BCUT2D eigenvalue weighted by atomic mass is 10.1. The van der Waals surface area contributed by atoms with Gasteiger partial charge in [0.15, 0.2) is 8.32 Å². The minimum atomic E-state index is -2.38. The minimum Gasteiger partial charge on any atom is -0.503 e. The second kappa shape index (κ2) is 13.2. The van der Waals surface area contributed by atoms with E-state index in [-0.39, 0.29) is 23.3 Å². The molecular weight excluding hydrogens is 519 g/mol.